The molecule has 0 aromatic heterocycles. The lowest BCUT2D eigenvalue weighted by atomic mass is 9.92. The van der Waals surface area contributed by atoms with Gasteiger partial charge in [0.15, 0.2) is 0 Å². The van der Waals surface area contributed by atoms with Gasteiger partial charge in [-0.25, -0.2) is 0 Å². The number of aryl methyl sites for hydroxylation is 2. The van der Waals surface area contributed by atoms with Crippen LogP contribution in [0.25, 0.3) is 10.8 Å². The summed E-state index contributed by atoms with van der Waals surface area (Å²) in [6, 6.07) is 17.8. The fourth-order valence-electron chi connectivity index (χ4n) is 2.75. The molecule has 0 aliphatic heterocycles. The zero-order valence-corrected chi connectivity index (χ0v) is 12.9. The molecule has 3 rings (SSSR count). The molecule has 1 nitrogen and oxygen atoms in total. The van der Waals surface area contributed by atoms with Crippen molar-refractivity contribution in [3.63, 3.8) is 0 Å². The van der Waals surface area contributed by atoms with Crippen molar-refractivity contribution >= 4 is 22.4 Å². The van der Waals surface area contributed by atoms with Gasteiger partial charge in [0.05, 0.1) is 0 Å². The number of fused-ring (bicyclic) bond motifs is 1. The van der Waals surface area contributed by atoms with Gasteiger partial charge in [0, 0.05) is 10.4 Å². The van der Waals surface area contributed by atoms with Crippen molar-refractivity contribution in [2.24, 2.45) is 0 Å². The van der Waals surface area contributed by atoms with E-state index < -0.39 is 6.10 Å². The molecule has 0 saturated carbocycles. The van der Waals surface area contributed by atoms with Crippen LogP contribution in [0.5, 0.6) is 0 Å². The number of halogens is 1. The van der Waals surface area contributed by atoms with Crippen LogP contribution in [0.15, 0.2) is 54.6 Å². The van der Waals surface area contributed by atoms with E-state index in [4.69, 9.17) is 11.6 Å². The molecule has 106 valence electrons. The summed E-state index contributed by atoms with van der Waals surface area (Å²) in [5, 5.41) is 13.5. The molecule has 0 radical (unpaired) electrons. The highest BCUT2D eigenvalue weighted by atomic mass is 35.5. The summed E-state index contributed by atoms with van der Waals surface area (Å²) in [6.45, 7) is 4.06. The number of rotatable bonds is 2. The van der Waals surface area contributed by atoms with Gasteiger partial charge in [-0.15, -0.1) is 0 Å². The monoisotopic (exact) mass is 296 g/mol. The summed E-state index contributed by atoms with van der Waals surface area (Å²) < 4.78 is 0. The van der Waals surface area contributed by atoms with Crippen molar-refractivity contribution in [3.8, 4) is 0 Å². The minimum absolute atomic E-state index is 0.646. The number of aliphatic hydroxyl groups excluding tert-OH is 1. The van der Waals surface area contributed by atoms with Crippen molar-refractivity contribution in [1.82, 2.24) is 0 Å². The molecule has 0 heterocycles. The Kier molecular flexibility index (Phi) is 3.71. The minimum Gasteiger partial charge on any atom is -0.384 e. The van der Waals surface area contributed by atoms with Crippen molar-refractivity contribution in [1.29, 1.82) is 0 Å². The molecule has 0 aliphatic carbocycles. The van der Waals surface area contributed by atoms with Crippen molar-refractivity contribution in [3.05, 3.63) is 81.9 Å². The van der Waals surface area contributed by atoms with Crippen molar-refractivity contribution < 1.29 is 5.11 Å². The maximum Gasteiger partial charge on any atom is 0.105 e. The average molecular weight is 297 g/mol. The first-order valence-corrected chi connectivity index (χ1v) is 7.38. The van der Waals surface area contributed by atoms with E-state index in [9.17, 15) is 5.11 Å². The second kappa shape index (κ2) is 5.51. The van der Waals surface area contributed by atoms with Gasteiger partial charge in [-0.2, -0.15) is 0 Å². The number of hydrogen-bond acceptors (Lipinski definition) is 1. The zero-order valence-electron chi connectivity index (χ0n) is 12.1. The first kappa shape index (κ1) is 14.1. The Hall–Kier alpha value is -1.83. The van der Waals surface area contributed by atoms with Crippen LogP contribution in [0.3, 0.4) is 0 Å². The van der Waals surface area contributed by atoms with E-state index in [0.29, 0.717) is 5.02 Å². The topological polar surface area (TPSA) is 20.2 Å². The van der Waals surface area contributed by atoms with E-state index >= 15 is 0 Å². The molecule has 0 spiro atoms. The molecular formula is C19H17ClO. The number of aliphatic hydroxyl groups is 1. The molecule has 3 aromatic rings. The minimum atomic E-state index is -0.646. The van der Waals surface area contributed by atoms with Crippen LogP contribution in [0, 0.1) is 13.8 Å². The van der Waals surface area contributed by atoms with Gasteiger partial charge in [-0.3, -0.25) is 0 Å². The largest absolute Gasteiger partial charge is 0.384 e. The molecular weight excluding hydrogens is 280 g/mol. The van der Waals surface area contributed by atoms with E-state index in [2.05, 4.69) is 6.07 Å². The first-order valence-electron chi connectivity index (χ1n) is 7.00. The predicted molar refractivity (Wildman–Crippen MR) is 88.9 cm³/mol. The Labute approximate surface area is 129 Å². The fourth-order valence-corrected chi connectivity index (χ4v) is 2.97. The summed E-state index contributed by atoms with van der Waals surface area (Å²) in [5.41, 5.74) is 4.08. The summed E-state index contributed by atoms with van der Waals surface area (Å²) in [6.07, 6.45) is -0.646. The molecule has 0 bridgehead atoms. The molecule has 21 heavy (non-hydrogen) atoms. The highest BCUT2D eigenvalue weighted by Crippen LogP contribution is 2.34. The Balaban J connectivity index is 2.20. The van der Waals surface area contributed by atoms with Gasteiger partial charge < -0.3 is 5.11 Å². The normalized spacial score (nSPS) is 12.6. The van der Waals surface area contributed by atoms with Gasteiger partial charge in [-0.05, 0) is 42.0 Å². The summed E-state index contributed by atoms with van der Waals surface area (Å²) in [7, 11) is 0. The first-order chi connectivity index (χ1) is 10.1. The van der Waals surface area contributed by atoms with E-state index in [1.54, 1.807) is 0 Å². The average Bonchev–Trinajstić information content (AvgIpc) is 2.50. The Morgan fingerprint density at radius 1 is 0.857 bits per heavy atom. The second-order valence-corrected chi connectivity index (χ2v) is 5.85. The molecule has 0 fully saturated rings. The van der Waals surface area contributed by atoms with Gasteiger partial charge in [-0.1, -0.05) is 65.7 Å². The number of hydrogen-bond donors (Lipinski definition) is 1. The molecule has 3 aromatic carbocycles. The number of benzene rings is 3. The maximum absolute atomic E-state index is 10.8. The summed E-state index contributed by atoms with van der Waals surface area (Å²) in [4.78, 5) is 0. The third kappa shape index (κ3) is 2.55. The molecule has 0 aliphatic rings. The van der Waals surface area contributed by atoms with Crippen LogP contribution in [0.1, 0.15) is 28.4 Å². The fraction of sp³-hybridized carbons (Fsp3) is 0.158. The van der Waals surface area contributed by atoms with E-state index in [1.165, 1.54) is 0 Å². The summed E-state index contributed by atoms with van der Waals surface area (Å²) >= 11 is 6.25. The smallest absolute Gasteiger partial charge is 0.105 e. The van der Waals surface area contributed by atoms with Crippen LogP contribution in [-0.2, 0) is 0 Å². The Morgan fingerprint density at radius 2 is 1.57 bits per heavy atom. The molecule has 1 N–H and O–H groups in total. The highest BCUT2D eigenvalue weighted by molar-refractivity contribution is 6.35. The van der Waals surface area contributed by atoms with Crippen molar-refractivity contribution in [2.45, 2.75) is 20.0 Å². The third-order valence-corrected chi connectivity index (χ3v) is 4.26. The van der Waals surface area contributed by atoms with E-state index in [1.807, 2.05) is 62.4 Å². The quantitative estimate of drug-likeness (QED) is 0.690. The lowest BCUT2D eigenvalue weighted by Gasteiger charge is -2.17. The Morgan fingerprint density at radius 3 is 2.33 bits per heavy atom. The molecule has 1 unspecified atom stereocenters. The lowest BCUT2D eigenvalue weighted by molar-refractivity contribution is 0.221. The highest BCUT2D eigenvalue weighted by Gasteiger charge is 2.16. The third-order valence-electron chi connectivity index (χ3n) is 3.93. The molecule has 0 amide bonds. The predicted octanol–water partition coefficient (Wildman–Crippen LogP) is 5.19. The van der Waals surface area contributed by atoms with Gasteiger partial charge in [0.2, 0.25) is 0 Å². The van der Waals surface area contributed by atoms with Crippen molar-refractivity contribution in [2.75, 3.05) is 0 Å². The second-order valence-electron chi connectivity index (χ2n) is 5.44. The molecule has 1 atom stereocenters. The molecule has 2 heteroatoms. The maximum atomic E-state index is 10.8. The van der Waals surface area contributed by atoms with Gasteiger partial charge in [0.1, 0.15) is 6.10 Å². The Bertz CT molecular complexity index is 808. The molecule has 0 saturated heterocycles. The van der Waals surface area contributed by atoms with Gasteiger partial charge in [0.25, 0.3) is 0 Å². The van der Waals surface area contributed by atoms with Crippen LogP contribution < -0.4 is 0 Å². The van der Waals surface area contributed by atoms with Crippen LogP contribution in [-0.4, -0.2) is 5.11 Å². The van der Waals surface area contributed by atoms with Crippen LogP contribution in [0.4, 0.5) is 0 Å². The van der Waals surface area contributed by atoms with E-state index in [-0.39, 0.29) is 0 Å². The standard InChI is InChI=1S/C19H17ClO/c1-12-7-8-13(2)17(11-12)19(21)16-9-10-18(20)15-6-4-3-5-14(15)16/h3-11,19,21H,1-2H3. The lowest BCUT2D eigenvalue weighted by Crippen LogP contribution is -2.03. The van der Waals surface area contributed by atoms with Gasteiger partial charge >= 0.3 is 0 Å². The summed E-state index contributed by atoms with van der Waals surface area (Å²) in [5.74, 6) is 0. The van der Waals surface area contributed by atoms with Crippen LogP contribution >= 0.6 is 11.6 Å². The zero-order chi connectivity index (χ0) is 15.0. The van der Waals surface area contributed by atoms with Crippen LogP contribution in [0.2, 0.25) is 5.02 Å². The SMILES string of the molecule is Cc1ccc(C)c(C(O)c2ccc(Cl)c3ccccc23)c1. The van der Waals surface area contributed by atoms with E-state index in [0.717, 1.165) is 33.0 Å².